The van der Waals surface area contributed by atoms with Gasteiger partial charge in [-0.25, -0.2) is 17.6 Å². The van der Waals surface area contributed by atoms with Crippen molar-refractivity contribution in [1.29, 1.82) is 0 Å². The fourth-order valence-corrected chi connectivity index (χ4v) is 11.0. The molecule has 0 saturated heterocycles. The number of nitrogens with one attached hydrogen (secondary N) is 4. The number of benzene rings is 7. The highest BCUT2D eigenvalue weighted by molar-refractivity contribution is 7.90. The lowest BCUT2D eigenvalue weighted by Crippen LogP contribution is -2.26. The predicted octanol–water partition coefficient (Wildman–Crippen LogP) is 14.9. The molecule has 2 aliphatic heterocycles. The van der Waals surface area contributed by atoms with Gasteiger partial charge in [0.2, 0.25) is 5.56 Å². The maximum atomic E-state index is 12.6. The Morgan fingerprint density at radius 2 is 1.07 bits per heavy atom. The number of ether oxygens (including phenoxy) is 3. The van der Waals surface area contributed by atoms with Crippen molar-refractivity contribution in [1.82, 2.24) is 15.0 Å². The summed E-state index contributed by atoms with van der Waals surface area (Å²) >= 11 is 1.28. The monoisotopic (exact) mass is 1170 g/mol. The molecule has 0 bridgehead atoms. The summed E-state index contributed by atoms with van der Waals surface area (Å²) in [4.78, 5) is 53.3. The van der Waals surface area contributed by atoms with Crippen LogP contribution in [0.5, 0.6) is 11.5 Å². The lowest BCUT2D eigenvalue weighted by molar-refractivity contribution is -0.118. The average molecular weight is 1180 g/mol. The van der Waals surface area contributed by atoms with E-state index < -0.39 is 9.84 Å². The van der Waals surface area contributed by atoms with Crippen molar-refractivity contribution in [3.8, 4) is 11.5 Å². The second-order valence-electron chi connectivity index (χ2n) is 21.2. The average Bonchev–Trinajstić information content (AvgIpc) is 4.29. The number of para-hydroxylation sites is 1. The molecular weight excluding hydrogens is 1100 g/mol. The van der Waals surface area contributed by atoms with Crippen LogP contribution in [0.3, 0.4) is 0 Å². The second kappa shape index (κ2) is 28.6. The van der Waals surface area contributed by atoms with E-state index in [1.54, 1.807) is 25.1 Å². The number of carbonyl (C=O) groups is 2. The van der Waals surface area contributed by atoms with Crippen LogP contribution in [0, 0.1) is 103 Å². The Morgan fingerprint density at radius 3 is 1.67 bits per heavy atom. The predicted molar refractivity (Wildman–Crippen MR) is 341 cm³/mol. The summed E-state index contributed by atoms with van der Waals surface area (Å²) in [6.45, 7) is 28.1. The first kappa shape index (κ1) is 64.6. The standard InChI is InChI=1S/C12H13NO2.C11H11NO.C10H11NO2.C9H9NOS.C9H10O3S.C9H12.C8H9F/c1-7-4-5-8(2)11-9(7)6-10(13-11)12(14)15-3;1-7-3-4-8(2)11-9(7)5-6-10(13)12-11;1-6-3-4-7(2)10-9(6)11-8(12)5-13-10;1-5-3-4-6(2)8-7(5)10-9(11)12-8;1-7-3-2-4-8-5-13(10,11)6-12-9(7)8;1-7-4-5-8(2)9(3)6-7;1-6-3-4-7(2)8(9)5-6/h4-6,13H,1-3H3;3-6H,1-2H3,(H,12,13);3-4H,5H2,1-2H3,(H,11,12);3-4H,1-2H3,(H,10,11);2-4H,5-6H2,1H3;4-6H,1-3H3;3-5H,1-2H3. The van der Waals surface area contributed by atoms with Gasteiger partial charge in [0.1, 0.15) is 23.0 Å². The number of amides is 1. The highest BCUT2D eigenvalue weighted by atomic mass is 32.2. The third-order valence-electron chi connectivity index (χ3n) is 14.1. The minimum Gasteiger partial charge on any atom is -0.481 e. The number of fused-ring (bicyclic) bond motifs is 5. The van der Waals surface area contributed by atoms with E-state index in [-0.39, 0.29) is 46.4 Å². The van der Waals surface area contributed by atoms with Gasteiger partial charge in [0.15, 0.2) is 22.4 Å². The van der Waals surface area contributed by atoms with E-state index in [1.165, 1.54) is 52.3 Å². The zero-order valence-corrected chi connectivity index (χ0v) is 52.2. The molecule has 12 rings (SSSR count). The number of aromatic amines is 3. The molecule has 0 fully saturated rings. The van der Waals surface area contributed by atoms with Gasteiger partial charge in [-0.1, -0.05) is 114 Å². The van der Waals surface area contributed by atoms with E-state index in [0.717, 1.165) is 99.3 Å². The number of rotatable bonds is 1. The van der Waals surface area contributed by atoms with Crippen molar-refractivity contribution in [2.45, 2.75) is 103 Å². The van der Waals surface area contributed by atoms with Crippen molar-refractivity contribution >= 4 is 70.8 Å². The molecule has 440 valence electrons. The third kappa shape index (κ3) is 17.0. The number of carbonyl (C=O) groups excluding carboxylic acids is 2. The van der Waals surface area contributed by atoms with Crippen LogP contribution in [0.4, 0.5) is 10.1 Å². The lowest BCUT2D eigenvalue weighted by atomic mass is 10.1. The van der Waals surface area contributed by atoms with Crippen molar-refractivity contribution in [2.75, 3.05) is 25.0 Å². The number of sulfone groups is 1. The first-order valence-electron chi connectivity index (χ1n) is 27.2. The summed E-state index contributed by atoms with van der Waals surface area (Å²) < 4.78 is 51.3. The molecule has 0 saturated carbocycles. The second-order valence-corrected chi connectivity index (χ2v) is 24.2. The number of H-pyrrole nitrogens is 3. The topological polar surface area (TPSA) is 190 Å². The molecule has 1 amide bonds. The molecule has 2 aliphatic rings. The highest BCUT2D eigenvalue weighted by Gasteiger charge is 2.23. The third-order valence-corrected chi connectivity index (χ3v) is 16.4. The van der Waals surface area contributed by atoms with E-state index in [1.807, 2.05) is 142 Å². The van der Waals surface area contributed by atoms with Crippen LogP contribution >= 0.6 is 11.3 Å². The Morgan fingerprint density at radius 1 is 0.524 bits per heavy atom. The molecule has 0 spiro atoms. The maximum Gasteiger partial charge on any atom is 0.354 e. The zero-order valence-electron chi connectivity index (χ0n) is 50.5. The van der Waals surface area contributed by atoms with E-state index in [0.29, 0.717) is 11.3 Å². The Hall–Kier alpha value is -8.60. The quantitative estimate of drug-likeness (QED) is 0.116. The molecule has 5 heterocycles. The maximum absolute atomic E-state index is 12.6. The summed E-state index contributed by atoms with van der Waals surface area (Å²) in [5.74, 6) is 0.924. The molecule has 0 atom stereocenters. The van der Waals surface area contributed by atoms with E-state index >= 15 is 0 Å². The van der Waals surface area contributed by atoms with Crippen LogP contribution in [-0.2, 0) is 25.1 Å². The van der Waals surface area contributed by atoms with Crippen molar-refractivity contribution < 1.29 is 36.6 Å². The summed E-state index contributed by atoms with van der Waals surface area (Å²) in [5, 5.41) is 5.01. The number of thiazole rings is 1. The van der Waals surface area contributed by atoms with Gasteiger partial charge >= 0.3 is 10.8 Å². The van der Waals surface area contributed by atoms with Gasteiger partial charge in [0, 0.05) is 27.9 Å². The molecule has 7 aromatic carbocycles. The molecular formula is C68H75FN4O9S2. The first-order chi connectivity index (χ1) is 39.7. The Kier molecular flexibility index (Phi) is 22.0. The summed E-state index contributed by atoms with van der Waals surface area (Å²) in [6, 6.07) is 38.8. The van der Waals surface area contributed by atoms with E-state index in [2.05, 4.69) is 70.0 Å². The normalized spacial score (nSPS) is 12.3. The zero-order chi connectivity index (χ0) is 61.7. The largest absolute Gasteiger partial charge is 0.481 e. The summed E-state index contributed by atoms with van der Waals surface area (Å²) in [5.41, 5.74) is 20.8. The lowest BCUT2D eigenvalue weighted by Gasteiger charge is -2.21. The minimum absolute atomic E-state index is 0.0300. The van der Waals surface area contributed by atoms with Crippen LogP contribution in [0.2, 0.25) is 0 Å². The number of aromatic nitrogens is 3. The molecule has 16 heteroatoms. The summed E-state index contributed by atoms with van der Waals surface area (Å²) in [6.07, 6.45) is 0. The fraction of sp³-hybridized carbons (Fsp3) is 0.265. The number of methoxy groups -OCH3 is 1. The highest BCUT2D eigenvalue weighted by Crippen LogP contribution is 2.34. The van der Waals surface area contributed by atoms with Gasteiger partial charge in [-0.2, -0.15) is 0 Å². The van der Waals surface area contributed by atoms with Crippen LogP contribution in [0.25, 0.3) is 32.0 Å². The number of pyridine rings is 1. The van der Waals surface area contributed by atoms with Crippen LogP contribution in [0.15, 0.2) is 131 Å². The van der Waals surface area contributed by atoms with Gasteiger partial charge < -0.3 is 34.5 Å². The molecule has 10 aromatic rings. The van der Waals surface area contributed by atoms with E-state index in [4.69, 9.17) is 9.47 Å². The number of hydrogen-bond acceptors (Lipinski definition) is 10. The smallest absolute Gasteiger partial charge is 0.354 e. The van der Waals surface area contributed by atoms with Crippen molar-refractivity contribution in [3.63, 3.8) is 0 Å². The van der Waals surface area contributed by atoms with Crippen LogP contribution < -0.4 is 25.2 Å². The van der Waals surface area contributed by atoms with Gasteiger partial charge in [-0.3, -0.25) is 14.4 Å². The molecule has 4 N–H and O–H groups in total. The van der Waals surface area contributed by atoms with Gasteiger partial charge in [0.05, 0.1) is 34.3 Å². The molecule has 0 aliphatic carbocycles. The number of anilines is 1. The van der Waals surface area contributed by atoms with Crippen molar-refractivity contribution in [3.05, 3.63) is 236 Å². The van der Waals surface area contributed by atoms with Crippen molar-refractivity contribution in [2.24, 2.45) is 0 Å². The number of halogens is 1. The number of hydrogen-bond donors (Lipinski definition) is 4. The van der Waals surface area contributed by atoms with Crippen LogP contribution in [-0.4, -0.2) is 54.9 Å². The molecule has 0 unspecified atom stereocenters. The molecule has 0 radical (unpaired) electrons. The van der Waals surface area contributed by atoms with E-state index in [9.17, 15) is 32.0 Å². The summed E-state index contributed by atoms with van der Waals surface area (Å²) in [7, 11) is -1.65. The number of esters is 1. The Balaban J connectivity index is 0.000000158. The van der Waals surface area contributed by atoms with Gasteiger partial charge in [-0.05, 0) is 187 Å². The molecule has 84 heavy (non-hydrogen) atoms. The minimum atomic E-state index is -3.04. The molecule has 3 aromatic heterocycles. The fourth-order valence-electron chi connectivity index (χ4n) is 9.04. The molecule has 13 nitrogen and oxygen atoms in total. The van der Waals surface area contributed by atoms with Crippen LogP contribution in [0.1, 0.15) is 93.9 Å². The first-order valence-corrected chi connectivity index (χ1v) is 29.9. The SMILES string of the molecule is COC(=O)c1cc2c(C)ccc(C)c2[nH]1.Cc1ccc(C)c(C)c1.Cc1ccc(C)c(F)c1.Cc1ccc(C)c2[nH]c(=O)ccc12.Cc1ccc(C)c2c1NC(=O)CO2.Cc1ccc(C)c2sc(=O)[nH]c12.Cc1cccc2c1OCS(=O)(=O)C2. The Bertz CT molecular complexity index is 4140. The number of aryl methyl sites for hydroxylation is 14. The Labute approximate surface area is 495 Å². The van der Waals surface area contributed by atoms with Gasteiger partial charge in [-0.15, -0.1) is 0 Å². The van der Waals surface area contributed by atoms with Gasteiger partial charge in [0.25, 0.3) is 5.91 Å².